The summed E-state index contributed by atoms with van der Waals surface area (Å²) >= 11 is 6.04. The minimum absolute atomic E-state index is 0.184. The summed E-state index contributed by atoms with van der Waals surface area (Å²) in [6.45, 7) is 0.674. The SMILES string of the molecule is Cn1c(=O)c2c(nc(NCCc3c[nH]c4ccccc34)n2Cc2ccc(Cl)cc2)n(CC#N)c1=O. The largest absolute Gasteiger partial charge is 0.361 e. The van der Waals surface area contributed by atoms with Crippen LogP contribution in [0.3, 0.4) is 0 Å². The van der Waals surface area contributed by atoms with E-state index in [0.29, 0.717) is 24.1 Å². The molecule has 0 unspecified atom stereocenters. The zero-order chi connectivity index (χ0) is 24.5. The van der Waals surface area contributed by atoms with Gasteiger partial charge in [-0.3, -0.25) is 18.5 Å². The fourth-order valence-electron chi connectivity index (χ4n) is 4.28. The van der Waals surface area contributed by atoms with E-state index < -0.39 is 11.2 Å². The van der Waals surface area contributed by atoms with Gasteiger partial charge >= 0.3 is 5.69 Å². The molecule has 2 aromatic carbocycles. The van der Waals surface area contributed by atoms with Gasteiger partial charge in [-0.1, -0.05) is 41.9 Å². The maximum absolute atomic E-state index is 13.1. The van der Waals surface area contributed by atoms with Crippen LogP contribution in [0.25, 0.3) is 22.1 Å². The number of aromatic amines is 1. The molecule has 0 bridgehead atoms. The molecule has 0 saturated carbocycles. The Morgan fingerprint density at radius 2 is 1.89 bits per heavy atom. The van der Waals surface area contributed by atoms with Crippen molar-refractivity contribution in [3.63, 3.8) is 0 Å². The van der Waals surface area contributed by atoms with Crippen molar-refractivity contribution < 1.29 is 0 Å². The summed E-state index contributed by atoms with van der Waals surface area (Å²) in [5, 5.41) is 14.4. The zero-order valence-electron chi connectivity index (χ0n) is 19.0. The van der Waals surface area contributed by atoms with Crippen molar-refractivity contribution in [3.8, 4) is 6.07 Å². The predicted molar refractivity (Wildman–Crippen MR) is 136 cm³/mol. The number of rotatable bonds is 7. The molecular formula is C25H22ClN7O2. The third-order valence-corrected chi connectivity index (χ3v) is 6.32. The van der Waals surface area contributed by atoms with Gasteiger partial charge in [0.05, 0.1) is 12.6 Å². The summed E-state index contributed by atoms with van der Waals surface area (Å²) in [6, 6.07) is 17.4. The Labute approximate surface area is 204 Å². The second-order valence-electron chi connectivity index (χ2n) is 8.25. The Morgan fingerprint density at radius 3 is 2.66 bits per heavy atom. The molecule has 9 nitrogen and oxygen atoms in total. The summed E-state index contributed by atoms with van der Waals surface area (Å²) in [4.78, 5) is 33.7. The highest BCUT2D eigenvalue weighted by Gasteiger charge is 2.20. The Hall–Kier alpha value is -4.29. The molecule has 0 spiro atoms. The van der Waals surface area contributed by atoms with Crippen LogP contribution in [0, 0.1) is 11.3 Å². The van der Waals surface area contributed by atoms with Crippen LogP contribution < -0.4 is 16.6 Å². The second kappa shape index (κ2) is 9.16. The Bertz CT molecular complexity index is 1700. The number of imidazole rings is 1. The molecule has 35 heavy (non-hydrogen) atoms. The fraction of sp³-hybridized carbons (Fsp3) is 0.200. The summed E-state index contributed by atoms with van der Waals surface area (Å²) in [5.41, 5.74) is 2.53. The molecule has 5 aromatic rings. The molecular weight excluding hydrogens is 466 g/mol. The first-order valence-electron chi connectivity index (χ1n) is 11.1. The summed E-state index contributed by atoms with van der Waals surface area (Å²) in [5.74, 6) is 0.448. The van der Waals surface area contributed by atoms with Crippen molar-refractivity contribution in [1.82, 2.24) is 23.7 Å². The van der Waals surface area contributed by atoms with Crippen LogP contribution in [0.2, 0.25) is 5.02 Å². The summed E-state index contributed by atoms with van der Waals surface area (Å²) in [6.07, 6.45) is 2.71. The lowest BCUT2D eigenvalue weighted by Crippen LogP contribution is -2.38. The lowest BCUT2D eigenvalue weighted by atomic mass is 10.1. The van der Waals surface area contributed by atoms with Crippen molar-refractivity contribution in [2.45, 2.75) is 19.5 Å². The number of H-pyrrole nitrogens is 1. The molecule has 3 heterocycles. The average molecular weight is 488 g/mol. The molecule has 10 heteroatoms. The molecule has 0 aliphatic carbocycles. The molecule has 0 saturated heterocycles. The minimum atomic E-state index is -0.578. The number of nitrogens with zero attached hydrogens (tertiary/aromatic N) is 5. The topological polar surface area (TPSA) is 113 Å². The Morgan fingerprint density at radius 1 is 1.11 bits per heavy atom. The number of para-hydroxylation sites is 1. The van der Waals surface area contributed by atoms with E-state index in [2.05, 4.69) is 21.4 Å². The highest BCUT2D eigenvalue weighted by atomic mass is 35.5. The van der Waals surface area contributed by atoms with Crippen LogP contribution in [0.15, 0.2) is 64.3 Å². The van der Waals surface area contributed by atoms with E-state index in [0.717, 1.165) is 33.0 Å². The predicted octanol–water partition coefficient (Wildman–Crippen LogP) is 3.26. The number of nitrogens with one attached hydrogen (secondary N) is 2. The number of hydrogen-bond donors (Lipinski definition) is 2. The van der Waals surface area contributed by atoms with E-state index in [4.69, 9.17) is 11.6 Å². The first-order valence-corrected chi connectivity index (χ1v) is 11.5. The number of aromatic nitrogens is 5. The van der Waals surface area contributed by atoms with E-state index in [-0.39, 0.29) is 17.7 Å². The molecule has 0 fully saturated rings. The average Bonchev–Trinajstić information content (AvgIpc) is 3.44. The van der Waals surface area contributed by atoms with Gasteiger partial charge < -0.3 is 10.3 Å². The quantitative estimate of drug-likeness (QED) is 0.366. The van der Waals surface area contributed by atoms with Crippen molar-refractivity contribution >= 4 is 39.6 Å². The van der Waals surface area contributed by atoms with Crippen molar-refractivity contribution in [2.24, 2.45) is 7.05 Å². The van der Waals surface area contributed by atoms with E-state index in [1.807, 2.05) is 42.6 Å². The van der Waals surface area contributed by atoms with Gasteiger partial charge in [0.25, 0.3) is 5.56 Å². The first kappa shape index (κ1) is 22.5. The number of halogens is 1. The molecule has 0 aliphatic heterocycles. The van der Waals surface area contributed by atoms with Gasteiger partial charge in [0, 0.05) is 35.7 Å². The Kier molecular flexibility index (Phi) is 5.89. The van der Waals surface area contributed by atoms with E-state index in [1.165, 1.54) is 11.6 Å². The molecule has 176 valence electrons. The van der Waals surface area contributed by atoms with Gasteiger partial charge in [0.1, 0.15) is 6.54 Å². The van der Waals surface area contributed by atoms with Crippen LogP contribution in [0.5, 0.6) is 0 Å². The molecule has 3 aromatic heterocycles. The number of anilines is 1. The number of hydrogen-bond acceptors (Lipinski definition) is 5. The van der Waals surface area contributed by atoms with Gasteiger partial charge in [0.2, 0.25) is 5.95 Å². The third kappa shape index (κ3) is 4.09. The fourth-order valence-corrected chi connectivity index (χ4v) is 4.40. The number of nitriles is 1. The summed E-state index contributed by atoms with van der Waals surface area (Å²) < 4.78 is 3.98. The lowest BCUT2D eigenvalue weighted by Gasteiger charge is -2.11. The Balaban J connectivity index is 1.56. The van der Waals surface area contributed by atoms with E-state index >= 15 is 0 Å². The smallest absolute Gasteiger partial charge is 0.333 e. The van der Waals surface area contributed by atoms with Gasteiger partial charge in [-0.05, 0) is 35.7 Å². The standard InChI is InChI=1S/C25H22ClN7O2/c1-31-23(34)21-22(32(13-11-27)25(31)35)30-24(33(21)15-16-6-8-18(26)9-7-16)28-12-10-17-14-29-20-5-3-2-4-19(17)20/h2-9,14,29H,10,12-13,15H2,1H3,(H,28,30). The van der Waals surface area contributed by atoms with Gasteiger partial charge in [-0.2, -0.15) is 10.2 Å². The van der Waals surface area contributed by atoms with Crippen molar-refractivity contribution in [2.75, 3.05) is 11.9 Å². The molecule has 5 rings (SSSR count). The molecule has 0 aliphatic rings. The van der Waals surface area contributed by atoms with E-state index in [1.54, 1.807) is 16.7 Å². The zero-order valence-corrected chi connectivity index (χ0v) is 19.7. The van der Waals surface area contributed by atoms with E-state index in [9.17, 15) is 14.9 Å². The lowest BCUT2D eigenvalue weighted by molar-refractivity contribution is 0.677. The number of benzene rings is 2. The third-order valence-electron chi connectivity index (χ3n) is 6.07. The van der Waals surface area contributed by atoms with Crippen LogP contribution in [0.1, 0.15) is 11.1 Å². The first-order chi connectivity index (χ1) is 17.0. The van der Waals surface area contributed by atoms with Crippen LogP contribution in [-0.2, 0) is 26.6 Å². The maximum atomic E-state index is 13.1. The second-order valence-corrected chi connectivity index (χ2v) is 8.68. The minimum Gasteiger partial charge on any atom is -0.361 e. The maximum Gasteiger partial charge on any atom is 0.333 e. The van der Waals surface area contributed by atoms with Gasteiger partial charge in [-0.25, -0.2) is 4.79 Å². The van der Waals surface area contributed by atoms with Crippen LogP contribution >= 0.6 is 11.6 Å². The molecule has 0 atom stereocenters. The van der Waals surface area contributed by atoms with Gasteiger partial charge in [-0.15, -0.1) is 0 Å². The van der Waals surface area contributed by atoms with Crippen LogP contribution in [0.4, 0.5) is 5.95 Å². The van der Waals surface area contributed by atoms with Crippen LogP contribution in [-0.4, -0.2) is 30.2 Å². The highest BCUT2D eigenvalue weighted by Crippen LogP contribution is 2.21. The monoisotopic (exact) mass is 487 g/mol. The number of fused-ring (bicyclic) bond motifs is 2. The normalized spacial score (nSPS) is 11.2. The molecule has 0 amide bonds. The molecule has 2 N–H and O–H groups in total. The summed E-state index contributed by atoms with van der Waals surface area (Å²) in [7, 11) is 1.40. The van der Waals surface area contributed by atoms with Crippen molar-refractivity contribution in [1.29, 1.82) is 5.26 Å². The van der Waals surface area contributed by atoms with Crippen molar-refractivity contribution in [3.05, 3.63) is 91.7 Å². The highest BCUT2D eigenvalue weighted by molar-refractivity contribution is 6.30. The van der Waals surface area contributed by atoms with Gasteiger partial charge in [0.15, 0.2) is 11.2 Å². The molecule has 0 radical (unpaired) electrons.